The first-order valence-electron chi connectivity index (χ1n) is 16.4. The van der Waals surface area contributed by atoms with Crippen LogP contribution in [0.4, 0.5) is 11.4 Å². The second kappa shape index (κ2) is 23.7. The number of rotatable bonds is 10. The SMILES string of the molecule is O=C(O)CCCC(=O)Nc1ccc2c(c1)OCCOCCOCCOc1cc(NC(=O)CCCC(=O)O)ccc1OCCOCCOCCO2. The number of ether oxygens (including phenoxy) is 8. The highest BCUT2D eigenvalue weighted by Gasteiger charge is 2.12. The number of carboxylic acids is 2. The third-order valence-electron chi connectivity index (χ3n) is 6.73. The first-order chi connectivity index (χ1) is 24.3. The standard InChI is InChI=1S/C34H46N2O14/c37-31(3-1-5-33(39)40)35-25-7-9-27-29(23-25)49-21-17-45-13-14-46-18-22-50-30-24-26(36-32(38)4-2-6-34(41)42)8-10-28(30)48-20-16-44-12-11-43-15-19-47-27/h7-10,23-24H,1-6,11-22H2,(H,35,37)(H,36,38)(H,39,40)(H,41,42). The van der Waals surface area contributed by atoms with E-state index in [1.165, 1.54) is 0 Å². The fourth-order valence-electron chi connectivity index (χ4n) is 4.37. The van der Waals surface area contributed by atoms with Gasteiger partial charge in [-0.3, -0.25) is 19.2 Å². The third kappa shape index (κ3) is 17.1. The zero-order chi connectivity index (χ0) is 35.8. The number of aliphatic carboxylic acids is 2. The van der Waals surface area contributed by atoms with Gasteiger partial charge < -0.3 is 58.7 Å². The molecule has 3 rings (SSSR count). The summed E-state index contributed by atoms with van der Waals surface area (Å²) in [5.41, 5.74) is 0.956. The fourth-order valence-corrected chi connectivity index (χ4v) is 4.37. The summed E-state index contributed by atoms with van der Waals surface area (Å²) >= 11 is 0. The van der Waals surface area contributed by atoms with Gasteiger partial charge >= 0.3 is 11.9 Å². The summed E-state index contributed by atoms with van der Waals surface area (Å²) in [7, 11) is 0. The predicted octanol–water partition coefficient (Wildman–Crippen LogP) is 3.37. The van der Waals surface area contributed by atoms with Gasteiger partial charge in [-0.15, -0.1) is 0 Å². The maximum absolute atomic E-state index is 12.2. The van der Waals surface area contributed by atoms with Crippen LogP contribution in [0.3, 0.4) is 0 Å². The highest BCUT2D eigenvalue weighted by Crippen LogP contribution is 2.32. The molecule has 0 unspecified atom stereocenters. The van der Waals surface area contributed by atoms with Crippen LogP contribution in [0.15, 0.2) is 36.4 Å². The second-order valence-electron chi connectivity index (χ2n) is 10.8. The Labute approximate surface area is 290 Å². The topological polar surface area (TPSA) is 207 Å². The first kappa shape index (κ1) is 39.8. The molecule has 0 bridgehead atoms. The van der Waals surface area contributed by atoms with Gasteiger partial charge in [0, 0.05) is 49.2 Å². The summed E-state index contributed by atoms with van der Waals surface area (Å²) in [5.74, 6) is -0.836. The fraction of sp³-hybridized carbons (Fsp3) is 0.529. The number of nitrogens with one attached hydrogen (secondary N) is 2. The molecule has 1 heterocycles. The largest absolute Gasteiger partial charge is 0.487 e. The van der Waals surface area contributed by atoms with Crippen LogP contribution in [0.2, 0.25) is 0 Å². The molecule has 16 heteroatoms. The zero-order valence-corrected chi connectivity index (χ0v) is 28.0. The average molecular weight is 707 g/mol. The van der Waals surface area contributed by atoms with Crippen molar-refractivity contribution in [2.75, 3.05) is 89.9 Å². The molecule has 2 aromatic rings. The Bertz CT molecular complexity index is 1250. The molecule has 0 radical (unpaired) electrons. The van der Waals surface area contributed by atoms with Gasteiger partial charge in [0.2, 0.25) is 11.8 Å². The minimum Gasteiger partial charge on any atom is -0.487 e. The number of carbonyl (C=O) groups excluding carboxylic acids is 2. The molecular formula is C34H46N2O14. The number of carboxylic acid groups (broad SMARTS) is 2. The predicted molar refractivity (Wildman–Crippen MR) is 178 cm³/mol. The molecule has 16 nitrogen and oxygen atoms in total. The molecule has 0 saturated carbocycles. The molecule has 4 N–H and O–H groups in total. The van der Waals surface area contributed by atoms with E-state index in [4.69, 9.17) is 48.1 Å². The lowest BCUT2D eigenvalue weighted by Gasteiger charge is -2.16. The molecule has 2 aromatic carbocycles. The zero-order valence-electron chi connectivity index (χ0n) is 28.0. The van der Waals surface area contributed by atoms with E-state index >= 15 is 0 Å². The quantitative estimate of drug-likeness (QED) is 0.280. The summed E-state index contributed by atoms with van der Waals surface area (Å²) in [4.78, 5) is 45.9. The van der Waals surface area contributed by atoms with E-state index in [9.17, 15) is 19.2 Å². The van der Waals surface area contributed by atoms with Crippen molar-refractivity contribution in [2.45, 2.75) is 38.5 Å². The Morgan fingerprint density at radius 3 is 1.12 bits per heavy atom. The normalized spacial score (nSPS) is 15.5. The highest BCUT2D eigenvalue weighted by molar-refractivity contribution is 5.92. The van der Waals surface area contributed by atoms with Crippen molar-refractivity contribution >= 4 is 35.1 Å². The van der Waals surface area contributed by atoms with Gasteiger partial charge in [0.25, 0.3) is 0 Å². The number of anilines is 2. The van der Waals surface area contributed by atoms with Gasteiger partial charge in [0.05, 0.1) is 52.9 Å². The lowest BCUT2D eigenvalue weighted by Crippen LogP contribution is -2.16. The van der Waals surface area contributed by atoms with Gasteiger partial charge in [-0.05, 0) is 37.1 Å². The molecule has 0 aliphatic carbocycles. The summed E-state index contributed by atoms with van der Waals surface area (Å²) in [5, 5.41) is 23.1. The Hall–Kier alpha value is -4.64. The van der Waals surface area contributed by atoms with E-state index in [0.717, 1.165) is 0 Å². The monoisotopic (exact) mass is 706 g/mol. The number of hydrogen-bond acceptors (Lipinski definition) is 12. The molecule has 0 saturated heterocycles. The van der Waals surface area contributed by atoms with E-state index in [-0.39, 0.29) is 103 Å². The first-order valence-corrected chi connectivity index (χ1v) is 16.4. The smallest absolute Gasteiger partial charge is 0.303 e. The molecule has 0 fully saturated rings. The molecule has 0 spiro atoms. The number of fused-ring (bicyclic) bond motifs is 2. The number of benzene rings is 2. The maximum atomic E-state index is 12.2. The Morgan fingerprint density at radius 1 is 0.460 bits per heavy atom. The number of amides is 2. The lowest BCUT2D eigenvalue weighted by molar-refractivity contribution is -0.138. The summed E-state index contributed by atoms with van der Waals surface area (Å²) in [6, 6.07) is 9.95. The minimum atomic E-state index is -0.955. The van der Waals surface area contributed by atoms with Gasteiger partial charge in [-0.2, -0.15) is 0 Å². The Balaban J connectivity index is 1.52. The van der Waals surface area contributed by atoms with Crippen LogP contribution in [0.5, 0.6) is 23.0 Å². The average Bonchev–Trinajstić information content (AvgIpc) is 3.07. The highest BCUT2D eigenvalue weighted by atomic mass is 16.6. The van der Waals surface area contributed by atoms with Crippen molar-refractivity contribution in [3.8, 4) is 23.0 Å². The van der Waals surface area contributed by atoms with Crippen LogP contribution in [0.1, 0.15) is 38.5 Å². The Morgan fingerprint density at radius 2 is 0.780 bits per heavy atom. The van der Waals surface area contributed by atoms with Crippen LogP contribution in [0, 0.1) is 0 Å². The van der Waals surface area contributed by atoms with Gasteiger partial charge in [-0.25, -0.2) is 0 Å². The van der Waals surface area contributed by atoms with E-state index < -0.39 is 11.9 Å². The van der Waals surface area contributed by atoms with E-state index in [0.29, 0.717) is 60.8 Å². The van der Waals surface area contributed by atoms with Crippen molar-refractivity contribution in [1.29, 1.82) is 0 Å². The number of hydrogen-bond donors (Lipinski definition) is 4. The molecule has 50 heavy (non-hydrogen) atoms. The maximum Gasteiger partial charge on any atom is 0.303 e. The van der Waals surface area contributed by atoms with Gasteiger partial charge in [0.15, 0.2) is 23.0 Å². The Kier molecular flexibility index (Phi) is 18.8. The van der Waals surface area contributed by atoms with Crippen molar-refractivity contribution in [3.05, 3.63) is 36.4 Å². The molecule has 2 amide bonds. The van der Waals surface area contributed by atoms with E-state index in [1.54, 1.807) is 36.4 Å². The van der Waals surface area contributed by atoms with Crippen LogP contribution >= 0.6 is 0 Å². The molecule has 0 aromatic heterocycles. The second-order valence-corrected chi connectivity index (χ2v) is 10.8. The van der Waals surface area contributed by atoms with Crippen molar-refractivity contribution < 1.29 is 67.3 Å². The molecule has 1 aliphatic heterocycles. The van der Waals surface area contributed by atoms with Crippen molar-refractivity contribution in [1.82, 2.24) is 0 Å². The lowest BCUT2D eigenvalue weighted by atomic mass is 10.2. The van der Waals surface area contributed by atoms with Gasteiger partial charge in [-0.1, -0.05) is 0 Å². The molecule has 276 valence electrons. The van der Waals surface area contributed by atoms with Crippen LogP contribution in [0.25, 0.3) is 0 Å². The van der Waals surface area contributed by atoms with Crippen molar-refractivity contribution in [2.24, 2.45) is 0 Å². The minimum absolute atomic E-state index is 0.0730. The van der Waals surface area contributed by atoms with Crippen LogP contribution < -0.4 is 29.6 Å². The van der Waals surface area contributed by atoms with Crippen LogP contribution in [-0.2, 0) is 38.1 Å². The molecule has 0 atom stereocenters. The third-order valence-corrected chi connectivity index (χ3v) is 6.73. The number of carbonyl (C=O) groups is 4. The molecule has 1 aliphatic rings. The molecular weight excluding hydrogens is 660 g/mol. The van der Waals surface area contributed by atoms with Crippen LogP contribution in [-0.4, -0.2) is 113 Å². The van der Waals surface area contributed by atoms with Crippen molar-refractivity contribution in [3.63, 3.8) is 0 Å². The van der Waals surface area contributed by atoms with Gasteiger partial charge in [0.1, 0.15) is 26.4 Å². The van der Waals surface area contributed by atoms with E-state index in [2.05, 4.69) is 10.6 Å². The summed E-state index contributed by atoms with van der Waals surface area (Å²) in [6.07, 6.45) is 0.428. The van der Waals surface area contributed by atoms with E-state index in [1.807, 2.05) is 0 Å². The summed E-state index contributed by atoms with van der Waals surface area (Å²) in [6.45, 7) is 3.18. The summed E-state index contributed by atoms with van der Waals surface area (Å²) < 4.78 is 46.0.